The molecule has 1 aliphatic rings. The number of aromatic nitrogens is 2. The average Bonchev–Trinajstić information content (AvgIpc) is 2.73. The molecule has 1 fully saturated rings. The van der Waals surface area contributed by atoms with Crippen molar-refractivity contribution in [3.05, 3.63) is 41.5 Å². The summed E-state index contributed by atoms with van der Waals surface area (Å²) >= 11 is 0. The number of allylic oxidation sites excluding steroid dienone is 3. The fourth-order valence-corrected chi connectivity index (χ4v) is 3.42. The predicted molar refractivity (Wildman–Crippen MR) is 113 cm³/mol. The van der Waals surface area contributed by atoms with Crippen LogP contribution in [0.25, 0.3) is 0 Å². The molecule has 0 aromatic carbocycles. The quantitative estimate of drug-likeness (QED) is 0.445. The van der Waals surface area contributed by atoms with Gasteiger partial charge in [-0.15, -0.1) is 0 Å². The van der Waals surface area contributed by atoms with Crippen molar-refractivity contribution in [2.45, 2.75) is 66.2 Å². The van der Waals surface area contributed by atoms with Gasteiger partial charge >= 0.3 is 0 Å². The highest BCUT2D eigenvalue weighted by Crippen LogP contribution is 2.30. The lowest BCUT2D eigenvalue weighted by atomic mass is 9.94. The van der Waals surface area contributed by atoms with Crippen LogP contribution in [0.1, 0.15) is 65.6 Å². The summed E-state index contributed by atoms with van der Waals surface area (Å²) < 4.78 is 35.1. The third-order valence-corrected chi connectivity index (χ3v) is 5.39. The Morgan fingerprint density at radius 3 is 2.62 bits per heavy atom. The Morgan fingerprint density at radius 1 is 1.28 bits per heavy atom. The van der Waals surface area contributed by atoms with Gasteiger partial charge in [-0.1, -0.05) is 34.1 Å². The molecule has 0 saturated carbocycles. The molecule has 162 valence electrons. The summed E-state index contributed by atoms with van der Waals surface area (Å²) in [6.45, 7) is 10.1. The number of likely N-dealkylation sites (tertiary alicyclic amines) is 1. The Balaban J connectivity index is 2.05. The molecule has 0 amide bonds. The zero-order chi connectivity index (χ0) is 21.2. The zero-order valence-corrected chi connectivity index (χ0v) is 18.3. The van der Waals surface area contributed by atoms with Gasteiger partial charge in [0.05, 0.1) is 6.61 Å². The zero-order valence-electron chi connectivity index (χ0n) is 18.3. The molecule has 1 aromatic heterocycles. The lowest BCUT2D eigenvalue weighted by Gasteiger charge is -2.34. The Kier molecular flexibility index (Phi) is 9.55. The summed E-state index contributed by atoms with van der Waals surface area (Å²) in [4.78, 5) is 10.4. The van der Waals surface area contributed by atoms with Crippen LogP contribution in [0.3, 0.4) is 0 Å². The molecule has 6 heteroatoms. The van der Waals surface area contributed by atoms with Gasteiger partial charge in [0.2, 0.25) is 5.88 Å². The van der Waals surface area contributed by atoms with E-state index in [1.165, 1.54) is 6.08 Å². The van der Waals surface area contributed by atoms with Gasteiger partial charge in [0.15, 0.2) is 0 Å². The van der Waals surface area contributed by atoms with Crippen LogP contribution in [-0.2, 0) is 6.42 Å². The number of halogens is 2. The molecule has 2 heterocycles. The fourth-order valence-electron chi connectivity index (χ4n) is 3.42. The van der Waals surface area contributed by atoms with Crippen LogP contribution in [0, 0.1) is 11.8 Å². The third kappa shape index (κ3) is 7.41. The maximum atomic E-state index is 15.0. The van der Waals surface area contributed by atoms with Crippen molar-refractivity contribution in [3.63, 3.8) is 0 Å². The van der Waals surface area contributed by atoms with E-state index in [9.17, 15) is 8.78 Å². The molecule has 0 radical (unpaired) electrons. The van der Waals surface area contributed by atoms with Crippen molar-refractivity contribution in [1.82, 2.24) is 14.9 Å². The van der Waals surface area contributed by atoms with Gasteiger partial charge in [0.25, 0.3) is 0 Å². The van der Waals surface area contributed by atoms with E-state index in [2.05, 4.69) is 30.7 Å². The Labute approximate surface area is 174 Å². The third-order valence-electron chi connectivity index (χ3n) is 5.39. The number of nitrogens with zero attached hydrogens (tertiary/aromatic N) is 3. The lowest BCUT2D eigenvalue weighted by Crippen LogP contribution is -2.33. The molecule has 1 aromatic rings. The van der Waals surface area contributed by atoms with Crippen molar-refractivity contribution < 1.29 is 13.5 Å². The van der Waals surface area contributed by atoms with Crippen LogP contribution in [0.5, 0.6) is 5.88 Å². The molecule has 1 aliphatic heterocycles. The lowest BCUT2D eigenvalue weighted by molar-refractivity contribution is 0.214. The van der Waals surface area contributed by atoms with E-state index < -0.39 is 11.7 Å². The minimum atomic E-state index is -0.533. The van der Waals surface area contributed by atoms with Gasteiger partial charge in [-0.25, -0.2) is 13.8 Å². The van der Waals surface area contributed by atoms with Crippen molar-refractivity contribution in [1.29, 1.82) is 0 Å². The number of rotatable bonds is 10. The smallest absolute Gasteiger partial charge is 0.216 e. The van der Waals surface area contributed by atoms with Gasteiger partial charge in [-0.2, -0.15) is 4.98 Å². The van der Waals surface area contributed by atoms with Gasteiger partial charge < -0.3 is 9.64 Å². The highest BCUT2D eigenvalue weighted by atomic mass is 19.1. The van der Waals surface area contributed by atoms with Gasteiger partial charge in [0.1, 0.15) is 23.2 Å². The Hall–Kier alpha value is -1.98. The van der Waals surface area contributed by atoms with Crippen LogP contribution >= 0.6 is 0 Å². The number of ether oxygens (including phenoxy) is 1. The second-order valence-corrected chi connectivity index (χ2v) is 8.04. The summed E-state index contributed by atoms with van der Waals surface area (Å²) in [6.07, 6.45) is 7.37. The minimum absolute atomic E-state index is 0.103. The van der Waals surface area contributed by atoms with E-state index in [0.717, 1.165) is 25.7 Å². The minimum Gasteiger partial charge on any atom is -0.478 e. The predicted octanol–water partition coefficient (Wildman–Crippen LogP) is 6.01. The van der Waals surface area contributed by atoms with Crippen LogP contribution < -0.4 is 4.74 Å². The monoisotopic (exact) mass is 407 g/mol. The first-order chi connectivity index (χ1) is 13.9. The van der Waals surface area contributed by atoms with E-state index in [4.69, 9.17) is 4.74 Å². The van der Waals surface area contributed by atoms with Crippen molar-refractivity contribution >= 4 is 0 Å². The highest BCUT2D eigenvalue weighted by molar-refractivity contribution is 5.28. The molecule has 0 N–H and O–H groups in total. The molecular weight excluding hydrogens is 372 g/mol. The molecule has 0 bridgehead atoms. The molecule has 29 heavy (non-hydrogen) atoms. The first-order valence-electron chi connectivity index (χ1n) is 10.9. The number of hydrogen-bond acceptors (Lipinski definition) is 4. The maximum absolute atomic E-state index is 15.0. The van der Waals surface area contributed by atoms with E-state index in [1.807, 2.05) is 4.90 Å². The summed E-state index contributed by atoms with van der Waals surface area (Å²) in [5.41, 5.74) is 0.103. The number of piperidine rings is 1. The first kappa shape index (κ1) is 23.3. The Bertz CT molecular complexity index is 695. The highest BCUT2D eigenvalue weighted by Gasteiger charge is 2.24. The van der Waals surface area contributed by atoms with Crippen molar-refractivity contribution in [2.75, 3.05) is 19.7 Å². The summed E-state index contributed by atoms with van der Waals surface area (Å²) in [5, 5.41) is 0. The SMILES string of the molecule is CC/C(F)=C(\C(F)=C/Cc1nccc(OCCC(C)C)n1)N1CCC(CC)CC1. The summed E-state index contributed by atoms with van der Waals surface area (Å²) in [7, 11) is 0. The largest absolute Gasteiger partial charge is 0.478 e. The second kappa shape index (κ2) is 11.9. The van der Waals surface area contributed by atoms with Crippen LogP contribution in [0.2, 0.25) is 0 Å². The van der Waals surface area contributed by atoms with Crippen LogP contribution in [0.15, 0.2) is 35.7 Å². The fraction of sp³-hybridized carbons (Fsp3) is 0.652. The van der Waals surface area contributed by atoms with Crippen LogP contribution in [0.4, 0.5) is 8.78 Å². The van der Waals surface area contributed by atoms with Crippen molar-refractivity contribution in [2.24, 2.45) is 11.8 Å². The first-order valence-corrected chi connectivity index (χ1v) is 10.9. The van der Waals surface area contributed by atoms with E-state index in [-0.39, 0.29) is 18.5 Å². The van der Waals surface area contributed by atoms with Gasteiger partial charge in [-0.3, -0.25) is 0 Å². The molecule has 0 unspecified atom stereocenters. The van der Waals surface area contributed by atoms with E-state index >= 15 is 0 Å². The molecular formula is C23H35F2N3O. The molecule has 0 atom stereocenters. The topological polar surface area (TPSA) is 38.3 Å². The second-order valence-electron chi connectivity index (χ2n) is 8.04. The summed E-state index contributed by atoms with van der Waals surface area (Å²) in [6, 6.07) is 1.70. The normalized spacial score (nSPS) is 16.9. The molecule has 2 rings (SSSR count). The molecule has 4 nitrogen and oxygen atoms in total. The van der Waals surface area contributed by atoms with Gasteiger partial charge in [0, 0.05) is 31.8 Å². The maximum Gasteiger partial charge on any atom is 0.216 e. The number of hydrogen-bond donors (Lipinski definition) is 0. The molecule has 1 saturated heterocycles. The van der Waals surface area contributed by atoms with Crippen LogP contribution in [-0.4, -0.2) is 34.6 Å². The Morgan fingerprint density at radius 2 is 2.00 bits per heavy atom. The average molecular weight is 408 g/mol. The van der Waals surface area contributed by atoms with Crippen molar-refractivity contribution in [3.8, 4) is 5.88 Å². The standard InChI is InChI=1S/C23H35F2N3O/c1-5-18-10-14-28(15-11-18)23(19(24)6-2)20(25)7-8-21-26-13-9-22(27-21)29-16-12-17(3)4/h7,9,13,17-18H,5-6,8,10-12,14-16H2,1-4H3/b20-7+,23-19-. The molecule has 0 spiro atoms. The van der Waals surface area contributed by atoms with E-state index in [1.54, 1.807) is 19.2 Å². The van der Waals surface area contributed by atoms with Gasteiger partial charge in [-0.05, 0) is 43.6 Å². The van der Waals surface area contributed by atoms with E-state index in [0.29, 0.717) is 43.2 Å². The summed E-state index contributed by atoms with van der Waals surface area (Å²) in [5.74, 6) is 1.21. The molecule has 0 aliphatic carbocycles.